The fourth-order valence-corrected chi connectivity index (χ4v) is 6.16. The number of carbonyl (C=O) groups excluding carboxylic acids is 3. The van der Waals surface area contributed by atoms with Crippen LogP contribution in [0.3, 0.4) is 0 Å². The highest BCUT2D eigenvalue weighted by atomic mass is 16.6. The molecule has 202 valence electrons. The van der Waals surface area contributed by atoms with Crippen LogP contribution in [-0.4, -0.2) is 48.8 Å². The first-order chi connectivity index (χ1) is 19.3. The number of methoxy groups -OCH3 is 2. The Kier molecular flexibility index (Phi) is 5.90. The standard InChI is InChI=1S/C30H25N3O7/c1-16-8-11-19(33(37)38)15-22(16)32-29(35)25-21-12-9-17-6-4-5-7-20(17)31(21)27(26(25)30(32)36)28(34)18-10-13-23(39-2)24(14-18)40-3/h4-15,21,25-27H,1-3H3/t21-,25-,26+,27-/m0/s1. The Morgan fingerprint density at radius 1 is 0.900 bits per heavy atom. The van der Waals surface area contributed by atoms with Gasteiger partial charge < -0.3 is 14.4 Å². The van der Waals surface area contributed by atoms with Gasteiger partial charge in [-0.05, 0) is 42.3 Å². The fourth-order valence-electron chi connectivity index (χ4n) is 6.16. The molecule has 2 fully saturated rings. The van der Waals surface area contributed by atoms with E-state index in [-0.39, 0.29) is 17.2 Å². The lowest BCUT2D eigenvalue weighted by Gasteiger charge is -2.36. The van der Waals surface area contributed by atoms with E-state index in [0.717, 1.165) is 16.2 Å². The van der Waals surface area contributed by atoms with Gasteiger partial charge in [0.15, 0.2) is 17.3 Å². The minimum absolute atomic E-state index is 0.155. The molecule has 2 saturated heterocycles. The third kappa shape index (κ3) is 3.59. The van der Waals surface area contributed by atoms with E-state index in [4.69, 9.17) is 9.47 Å². The van der Waals surface area contributed by atoms with Crippen LogP contribution in [0.1, 0.15) is 21.5 Å². The van der Waals surface area contributed by atoms with Crippen molar-refractivity contribution in [3.8, 4) is 11.5 Å². The Balaban J connectivity index is 1.50. The molecule has 3 aromatic rings. The summed E-state index contributed by atoms with van der Waals surface area (Å²) in [5.41, 5.74) is 2.39. The number of benzene rings is 3. The van der Waals surface area contributed by atoms with E-state index in [2.05, 4.69) is 0 Å². The summed E-state index contributed by atoms with van der Waals surface area (Å²) in [5.74, 6) is -2.44. The van der Waals surface area contributed by atoms with E-state index >= 15 is 0 Å². The van der Waals surface area contributed by atoms with Crippen LogP contribution in [0.5, 0.6) is 11.5 Å². The summed E-state index contributed by atoms with van der Waals surface area (Å²) in [6.45, 7) is 1.68. The summed E-state index contributed by atoms with van der Waals surface area (Å²) < 4.78 is 10.7. The number of anilines is 2. The van der Waals surface area contributed by atoms with Crippen LogP contribution < -0.4 is 19.3 Å². The number of carbonyl (C=O) groups is 3. The zero-order valence-corrected chi connectivity index (χ0v) is 21.9. The molecule has 0 aromatic heterocycles. The second-order valence-corrected chi connectivity index (χ2v) is 9.99. The molecule has 3 aromatic carbocycles. The number of aryl methyl sites for hydroxylation is 1. The summed E-state index contributed by atoms with van der Waals surface area (Å²) in [6.07, 6.45) is 3.76. The smallest absolute Gasteiger partial charge is 0.271 e. The number of fused-ring (bicyclic) bond motifs is 5. The van der Waals surface area contributed by atoms with Gasteiger partial charge in [-0.15, -0.1) is 0 Å². The molecule has 0 unspecified atom stereocenters. The maximum Gasteiger partial charge on any atom is 0.271 e. The van der Waals surface area contributed by atoms with Crippen LogP contribution in [-0.2, 0) is 9.59 Å². The number of nitrogens with zero attached hydrogens (tertiary/aromatic N) is 3. The quantitative estimate of drug-likeness (QED) is 0.198. The molecule has 0 N–H and O–H groups in total. The minimum Gasteiger partial charge on any atom is -0.493 e. The van der Waals surface area contributed by atoms with E-state index in [1.165, 1.54) is 32.4 Å². The first kappa shape index (κ1) is 25.3. The zero-order valence-electron chi connectivity index (χ0n) is 21.9. The average molecular weight is 540 g/mol. The van der Waals surface area contributed by atoms with Gasteiger partial charge in [0, 0.05) is 23.4 Å². The van der Waals surface area contributed by atoms with Gasteiger partial charge in [-0.25, -0.2) is 4.90 Å². The molecule has 2 amide bonds. The molecule has 3 aliphatic rings. The molecule has 0 bridgehead atoms. The lowest BCUT2D eigenvalue weighted by molar-refractivity contribution is -0.384. The highest BCUT2D eigenvalue weighted by Gasteiger charge is 2.64. The normalized spacial score (nSPS) is 22.6. The second kappa shape index (κ2) is 9.33. The third-order valence-electron chi connectivity index (χ3n) is 8.00. The van der Waals surface area contributed by atoms with Crippen molar-refractivity contribution in [2.45, 2.75) is 19.0 Å². The largest absolute Gasteiger partial charge is 0.493 e. The monoisotopic (exact) mass is 539 g/mol. The van der Waals surface area contributed by atoms with E-state index in [1.54, 1.807) is 25.1 Å². The van der Waals surface area contributed by atoms with Gasteiger partial charge in [-0.3, -0.25) is 24.5 Å². The van der Waals surface area contributed by atoms with Gasteiger partial charge in [-0.2, -0.15) is 0 Å². The van der Waals surface area contributed by atoms with Crippen LogP contribution >= 0.6 is 0 Å². The molecule has 0 aliphatic carbocycles. The van der Waals surface area contributed by atoms with Gasteiger partial charge in [0.05, 0.1) is 42.7 Å². The lowest BCUT2D eigenvalue weighted by atomic mass is 9.86. The van der Waals surface area contributed by atoms with Gasteiger partial charge in [0.2, 0.25) is 11.8 Å². The Morgan fingerprint density at radius 3 is 2.35 bits per heavy atom. The zero-order chi connectivity index (χ0) is 28.3. The van der Waals surface area contributed by atoms with E-state index in [1.807, 2.05) is 41.3 Å². The fraction of sp³-hybridized carbons (Fsp3) is 0.233. The van der Waals surface area contributed by atoms with Crippen molar-refractivity contribution in [1.82, 2.24) is 0 Å². The van der Waals surface area contributed by atoms with Gasteiger partial charge in [0.1, 0.15) is 6.04 Å². The summed E-state index contributed by atoms with van der Waals surface area (Å²) in [5, 5.41) is 11.5. The first-order valence-electron chi connectivity index (χ1n) is 12.7. The van der Waals surface area contributed by atoms with Crippen molar-refractivity contribution >= 4 is 40.7 Å². The van der Waals surface area contributed by atoms with Crippen LogP contribution in [0.2, 0.25) is 0 Å². The molecule has 40 heavy (non-hydrogen) atoms. The number of non-ortho nitro benzene ring substituents is 1. The topological polar surface area (TPSA) is 119 Å². The predicted molar refractivity (Wildman–Crippen MR) is 147 cm³/mol. The van der Waals surface area contributed by atoms with Crippen LogP contribution in [0.25, 0.3) is 6.08 Å². The molecule has 3 heterocycles. The Bertz CT molecular complexity index is 1630. The van der Waals surface area contributed by atoms with Crippen LogP contribution in [0.4, 0.5) is 17.1 Å². The van der Waals surface area contributed by atoms with Crippen molar-refractivity contribution < 1.29 is 28.8 Å². The Morgan fingerprint density at radius 2 is 1.62 bits per heavy atom. The lowest BCUT2D eigenvalue weighted by Crippen LogP contribution is -2.49. The minimum atomic E-state index is -1.01. The number of nitro groups is 1. The Hall–Kier alpha value is -4.99. The van der Waals surface area contributed by atoms with E-state index in [0.29, 0.717) is 22.6 Å². The van der Waals surface area contributed by atoms with E-state index < -0.39 is 40.7 Å². The molecule has 10 heteroatoms. The molecule has 6 rings (SSSR count). The molecule has 0 radical (unpaired) electrons. The van der Waals surface area contributed by atoms with Crippen molar-refractivity contribution in [3.05, 3.63) is 93.5 Å². The van der Waals surface area contributed by atoms with Crippen LogP contribution in [0, 0.1) is 28.9 Å². The summed E-state index contributed by atoms with van der Waals surface area (Å²) >= 11 is 0. The molecule has 0 spiro atoms. The molecule has 4 atom stereocenters. The van der Waals surface area contributed by atoms with Crippen molar-refractivity contribution in [1.29, 1.82) is 0 Å². The van der Waals surface area contributed by atoms with Gasteiger partial charge >= 0.3 is 0 Å². The molecule has 0 saturated carbocycles. The number of rotatable bonds is 6. The number of imide groups is 1. The number of hydrogen-bond acceptors (Lipinski definition) is 8. The Labute approximate surface area is 229 Å². The first-order valence-corrected chi connectivity index (χ1v) is 12.7. The van der Waals surface area contributed by atoms with Gasteiger partial charge in [0.25, 0.3) is 5.69 Å². The summed E-state index contributed by atoms with van der Waals surface area (Å²) in [6, 6.07) is 14.8. The van der Waals surface area contributed by atoms with Crippen LogP contribution in [0.15, 0.2) is 66.7 Å². The highest BCUT2D eigenvalue weighted by molar-refractivity contribution is 6.26. The number of amides is 2. The summed E-state index contributed by atoms with van der Waals surface area (Å²) in [7, 11) is 2.97. The maximum absolute atomic E-state index is 14.3. The number of hydrogen-bond donors (Lipinski definition) is 0. The van der Waals surface area contributed by atoms with Crippen molar-refractivity contribution in [2.75, 3.05) is 24.0 Å². The van der Waals surface area contributed by atoms with Crippen molar-refractivity contribution in [3.63, 3.8) is 0 Å². The van der Waals surface area contributed by atoms with E-state index in [9.17, 15) is 24.5 Å². The molecule has 3 aliphatic heterocycles. The second-order valence-electron chi connectivity index (χ2n) is 9.99. The molecular weight excluding hydrogens is 514 g/mol. The average Bonchev–Trinajstić information content (AvgIpc) is 3.44. The van der Waals surface area contributed by atoms with Gasteiger partial charge in [-0.1, -0.05) is 36.4 Å². The summed E-state index contributed by atoms with van der Waals surface area (Å²) in [4.78, 5) is 56.3. The SMILES string of the molecule is COc1ccc(C(=O)[C@@H]2[C@@H]3C(=O)N(c4cc([N+](=O)[O-])ccc4C)C(=O)[C@H]3[C@@H]3C=Cc4ccccc4N23)cc1OC. The predicted octanol–water partition coefficient (Wildman–Crippen LogP) is 4.19. The van der Waals surface area contributed by atoms with Crippen molar-refractivity contribution in [2.24, 2.45) is 11.8 Å². The highest BCUT2D eigenvalue weighted by Crippen LogP contribution is 2.50. The molecule has 10 nitrogen and oxygen atoms in total. The number of ketones is 1. The number of Topliss-reactive ketones (excluding diaryl/α,β-unsaturated/α-hetero) is 1. The number of nitro benzene ring substituents is 1. The maximum atomic E-state index is 14.3. The number of ether oxygens (including phenoxy) is 2. The molecular formula is C30H25N3O7. The third-order valence-corrected chi connectivity index (χ3v) is 8.00. The number of para-hydroxylation sites is 1.